The molecule has 4 rings (SSSR count). The summed E-state index contributed by atoms with van der Waals surface area (Å²) in [5, 5.41) is 0. The van der Waals surface area contributed by atoms with E-state index in [2.05, 4.69) is 4.98 Å². The van der Waals surface area contributed by atoms with Crippen LogP contribution in [-0.2, 0) is 0 Å². The summed E-state index contributed by atoms with van der Waals surface area (Å²) in [6, 6.07) is 12.3. The van der Waals surface area contributed by atoms with Crippen molar-refractivity contribution in [3.05, 3.63) is 66.0 Å². The Kier molecular flexibility index (Phi) is 7.51. The van der Waals surface area contributed by atoms with Crippen LogP contribution in [0.25, 0.3) is 0 Å². The van der Waals surface area contributed by atoms with E-state index in [1.54, 1.807) is 24.5 Å². The molecule has 2 fully saturated rings. The summed E-state index contributed by atoms with van der Waals surface area (Å²) in [7, 11) is 0. The average molecular weight is 419 g/mol. The predicted octanol–water partition coefficient (Wildman–Crippen LogP) is 6.37. The third-order valence-corrected chi connectivity index (χ3v) is 5.86. The largest absolute Gasteiger partial charge is 0.395 e. The molecule has 2 aromatic rings. The second kappa shape index (κ2) is 10.1. The summed E-state index contributed by atoms with van der Waals surface area (Å²) >= 11 is 0. The molecule has 2 aliphatic rings. The van der Waals surface area contributed by atoms with Gasteiger partial charge in [-0.3, -0.25) is 9.78 Å². The number of benzene rings is 1. The van der Waals surface area contributed by atoms with Crippen molar-refractivity contribution in [2.24, 2.45) is 0 Å². The van der Waals surface area contributed by atoms with E-state index in [1.807, 2.05) is 23.1 Å². The molecule has 1 aromatic heterocycles. The van der Waals surface area contributed by atoms with Gasteiger partial charge in [-0.2, -0.15) is 13.2 Å². The van der Waals surface area contributed by atoms with Crippen LogP contribution in [-0.4, -0.2) is 34.1 Å². The zero-order chi connectivity index (χ0) is 21.6. The van der Waals surface area contributed by atoms with Gasteiger partial charge in [0.25, 0.3) is 5.91 Å². The SMILES string of the molecule is CC(c1ccc(C(=O)N(C2CCCCC2)C2CC2)cc1)C(F)(F)F.c1ccncc1. The highest BCUT2D eigenvalue weighted by atomic mass is 19.4. The Labute approximate surface area is 176 Å². The molecule has 0 radical (unpaired) electrons. The topological polar surface area (TPSA) is 33.2 Å². The van der Waals surface area contributed by atoms with E-state index >= 15 is 0 Å². The molecule has 0 saturated heterocycles. The molecule has 1 aromatic carbocycles. The van der Waals surface area contributed by atoms with Crippen LogP contribution in [0.5, 0.6) is 0 Å². The van der Waals surface area contributed by atoms with Crippen LogP contribution in [0.15, 0.2) is 54.9 Å². The summed E-state index contributed by atoms with van der Waals surface area (Å²) in [4.78, 5) is 18.7. The summed E-state index contributed by atoms with van der Waals surface area (Å²) < 4.78 is 38.4. The predicted molar refractivity (Wildman–Crippen MR) is 111 cm³/mol. The lowest BCUT2D eigenvalue weighted by atomic mass is 9.93. The third-order valence-electron chi connectivity index (χ3n) is 5.86. The summed E-state index contributed by atoms with van der Waals surface area (Å²) in [6.07, 6.45) is 6.97. The Morgan fingerprint density at radius 2 is 1.50 bits per heavy atom. The molecular formula is C24H29F3N2O. The number of halogens is 3. The van der Waals surface area contributed by atoms with E-state index in [4.69, 9.17) is 0 Å². The first kappa shape index (κ1) is 22.3. The molecule has 30 heavy (non-hydrogen) atoms. The Morgan fingerprint density at radius 1 is 0.933 bits per heavy atom. The summed E-state index contributed by atoms with van der Waals surface area (Å²) in [5.74, 6) is -1.53. The van der Waals surface area contributed by atoms with Crippen molar-refractivity contribution in [2.45, 2.75) is 76.0 Å². The third kappa shape index (κ3) is 6.07. The van der Waals surface area contributed by atoms with Crippen LogP contribution in [0.4, 0.5) is 13.2 Å². The van der Waals surface area contributed by atoms with Crippen molar-refractivity contribution in [1.82, 2.24) is 9.88 Å². The van der Waals surface area contributed by atoms with Gasteiger partial charge in [0.1, 0.15) is 0 Å². The average Bonchev–Trinajstić information content (AvgIpc) is 3.60. The van der Waals surface area contributed by atoms with Gasteiger partial charge in [0.05, 0.1) is 5.92 Å². The van der Waals surface area contributed by atoms with Crippen molar-refractivity contribution in [1.29, 1.82) is 0 Å². The van der Waals surface area contributed by atoms with Crippen LogP contribution < -0.4 is 0 Å². The van der Waals surface area contributed by atoms with Gasteiger partial charge < -0.3 is 4.90 Å². The minimum Gasteiger partial charge on any atom is -0.333 e. The smallest absolute Gasteiger partial charge is 0.333 e. The van der Waals surface area contributed by atoms with Crippen LogP contribution >= 0.6 is 0 Å². The van der Waals surface area contributed by atoms with Crippen LogP contribution in [0.2, 0.25) is 0 Å². The molecule has 1 amide bonds. The molecule has 0 bridgehead atoms. The zero-order valence-corrected chi connectivity index (χ0v) is 17.3. The van der Waals surface area contributed by atoms with Gasteiger partial charge in [0, 0.05) is 30.0 Å². The van der Waals surface area contributed by atoms with Crippen LogP contribution in [0.1, 0.15) is 73.7 Å². The first-order valence-corrected chi connectivity index (χ1v) is 10.7. The maximum absolute atomic E-state index is 12.9. The van der Waals surface area contributed by atoms with E-state index in [0.717, 1.165) is 45.4 Å². The van der Waals surface area contributed by atoms with Gasteiger partial charge in [0.15, 0.2) is 0 Å². The summed E-state index contributed by atoms with van der Waals surface area (Å²) in [5.41, 5.74) is 0.709. The first-order chi connectivity index (χ1) is 14.4. The fourth-order valence-electron chi connectivity index (χ4n) is 3.91. The lowest BCUT2D eigenvalue weighted by molar-refractivity contribution is -0.146. The number of aromatic nitrogens is 1. The monoisotopic (exact) mass is 418 g/mol. The number of alkyl halides is 3. The molecule has 2 saturated carbocycles. The maximum Gasteiger partial charge on any atom is 0.395 e. The first-order valence-electron chi connectivity index (χ1n) is 10.7. The normalized spacial score (nSPS) is 18.1. The molecule has 1 heterocycles. The Bertz CT molecular complexity index is 756. The molecule has 0 aliphatic heterocycles. The van der Waals surface area contributed by atoms with Crippen LogP contribution in [0.3, 0.4) is 0 Å². The maximum atomic E-state index is 12.9. The molecule has 3 nitrogen and oxygen atoms in total. The van der Waals surface area contributed by atoms with Crippen molar-refractivity contribution in [2.75, 3.05) is 0 Å². The fraction of sp³-hybridized carbons (Fsp3) is 0.500. The highest BCUT2D eigenvalue weighted by Gasteiger charge is 2.39. The lowest BCUT2D eigenvalue weighted by Gasteiger charge is -2.34. The van der Waals surface area contributed by atoms with Gasteiger partial charge >= 0.3 is 6.18 Å². The second-order valence-electron chi connectivity index (χ2n) is 8.15. The molecule has 1 unspecified atom stereocenters. The Hall–Kier alpha value is -2.37. The summed E-state index contributed by atoms with van der Waals surface area (Å²) in [6.45, 7) is 1.15. The molecule has 162 valence electrons. The fourth-order valence-corrected chi connectivity index (χ4v) is 3.91. The number of pyridine rings is 1. The molecule has 0 N–H and O–H groups in total. The van der Waals surface area contributed by atoms with Gasteiger partial charge in [0.2, 0.25) is 0 Å². The number of hydrogen-bond acceptors (Lipinski definition) is 2. The Balaban J connectivity index is 0.000000367. The van der Waals surface area contributed by atoms with E-state index in [9.17, 15) is 18.0 Å². The van der Waals surface area contributed by atoms with Gasteiger partial charge in [-0.05, 0) is 62.4 Å². The number of hydrogen-bond donors (Lipinski definition) is 0. The number of carbonyl (C=O) groups is 1. The molecule has 6 heteroatoms. The second-order valence-corrected chi connectivity index (χ2v) is 8.15. The van der Waals surface area contributed by atoms with Crippen molar-refractivity contribution in [3.8, 4) is 0 Å². The molecule has 2 aliphatic carbocycles. The van der Waals surface area contributed by atoms with E-state index < -0.39 is 12.1 Å². The van der Waals surface area contributed by atoms with Gasteiger partial charge in [-0.1, -0.05) is 37.5 Å². The highest BCUT2D eigenvalue weighted by molar-refractivity contribution is 5.95. The van der Waals surface area contributed by atoms with E-state index in [-0.39, 0.29) is 11.5 Å². The molecular weight excluding hydrogens is 389 g/mol. The van der Waals surface area contributed by atoms with Gasteiger partial charge in [-0.25, -0.2) is 0 Å². The van der Waals surface area contributed by atoms with Crippen molar-refractivity contribution >= 4 is 5.91 Å². The zero-order valence-electron chi connectivity index (χ0n) is 17.3. The van der Waals surface area contributed by atoms with Crippen LogP contribution in [0, 0.1) is 0 Å². The van der Waals surface area contributed by atoms with Crippen molar-refractivity contribution < 1.29 is 18.0 Å². The molecule has 1 atom stereocenters. The van der Waals surface area contributed by atoms with E-state index in [0.29, 0.717) is 17.6 Å². The van der Waals surface area contributed by atoms with Gasteiger partial charge in [-0.15, -0.1) is 0 Å². The number of carbonyl (C=O) groups excluding carboxylic acids is 1. The standard InChI is InChI=1S/C19H24F3NO.C5H5N/c1-13(19(20,21)22)14-7-9-15(10-8-14)18(24)23(17-11-12-17)16-5-3-2-4-6-16;1-2-4-6-5-3-1/h7-10,13,16-17H,2-6,11-12H2,1H3;1-5H. The number of nitrogens with zero attached hydrogens (tertiary/aromatic N) is 2. The van der Waals surface area contributed by atoms with Crippen molar-refractivity contribution in [3.63, 3.8) is 0 Å². The minimum atomic E-state index is -4.26. The highest BCUT2D eigenvalue weighted by Crippen LogP contribution is 2.36. The Morgan fingerprint density at radius 3 is 1.93 bits per heavy atom. The van der Waals surface area contributed by atoms with E-state index in [1.165, 1.54) is 18.6 Å². The number of rotatable bonds is 4. The molecule has 0 spiro atoms. The quantitative estimate of drug-likeness (QED) is 0.578. The minimum absolute atomic E-state index is 0.0180. The lowest BCUT2D eigenvalue weighted by Crippen LogP contribution is -2.43. The number of amides is 1.